The second-order valence-corrected chi connectivity index (χ2v) is 11.9. The summed E-state index contributed by atoms with van der Waals surface area (Å²) in [6.07, 6.45) is 1.49. The second kappa shape index (κ2) is 17.6. The van der Waals surface area contributed by atoms with Crippen molar-refractivity contribution in [3.05, 3.63) is 151 Å². The Morgan fingerprint density at radius 3 is 1.69 bits per heavy atom. The molecule has 13 heteroatoms. The highest BCUT2D eigenvalue weighted by Gasteiger charge is 2.20. The summed E-state index contributed by atoms with van der Waals surface area (Å²) in [5.74, 6) is 0. The molecule has 2 heterocycles. The molecule has 11 nitrogen and oxygen atoms in total. The first-order chi connectivity index (χ1) is 25.3. The first-order valence-electron chi connectivity index (χ1n) is 16.2. The maximum Gasteiger partial charge on any atom is 0.291 e. The number of anilines is 4. The molecule has 6 aromatic rings. The van der Waals surface area contributed by atoms with Crippen molar-refractivity contribution < 1.29 is 4.84 Å². The molecule has 0 spiro atoms. The minimum atomic E-state index is -0.348. The summed E-state index contributed by atoms with van der Waals surface area (Å²) in [5.41, 5.74) is 4.76. The number of hydrogen-bond acceptors (Lipinski definition) is 9. The van der Waals surface area contributed by atoms with Gasteiger partial charge in [-0.15, -0.1) is 0 Å². The minimum absolute atomic E-state index is 0.195. The SMILES string of the molecule is CCn1nc(-c2ccccc2)c(C#N)c(Nc2cccc(Cl)c2)c1=O.CCn1nc(-c2ccccc2)c(C=NOC)c(Nc2cccc(Cl)c2)c1=O. The number of halogens is 2. The molecule has 0 fully saturated rings. The van der Waals surface area contributed by atoms with Crippen LogP contribution in [0.1, 0.15) is 25.0 Å². The highest BCUT2D eigenvalue weighted by Crippen LogP contribution is 2.28. The van der Waals surface area contributed by atoms with Crippen LogP contribution < -0.4 is 21.8 Å². The van der Waals surface area contributed by atoms with Gasteiger partial charge < -0.3 is 15.5 Å². The lowest BCUT2D eigenvalue weighted by Gasteiger charge is -2.15. The molecule has 6 rings (SSSR count). The fraction of sp³-hybridized carbons (Fsp3) is 0.128. The lowest BCUT2D eigenvalue weighted by Crippen LogP contribution is -2.27. The Labute approximate surface area is 310 Å². The van der Waals surface area contributed by atoms with Gasteiger partial charge in [-0.2, -0.15) is 15.5 Å². The zero-order valence-electron chi connectivity index (χ0n) is 28.5. The molecular formula is C39H34Cl2N8O3. The van der Waals surface area contributed by atoms with Crippen LogP contribution in [0.15, 0.2) is 124 Å². The van der Waals surface area contributed by atoms with Gasteiger partial charge in [0.05, 0.1) is 11.8 Å². The molecule has 0 bridgehead atoms. The molecule has 0 aliphatic rings. The van der Waals surface area contributed by atoms with Gasteiger partial charge in [0.25, 0.3) is 11.1 Å². The average Bonchev–Trinajstić information content (AvgIpc) is 3.16. The second-order valence-electron chi connectivity index (χ2n) is 11.0. The lowest BCUT2D eigenvalue weighted by atomic mass is 10.1. The maximum atomic E-state index is 13.0. The third kappa shape index (κ3) is 8.73. The molecule has 4 aromatic carbocycles. The summed E-state index contributed by atoms with van der Waals surface area (Å²) in [5, 5.41) is 29.8. The first-order valence-corrected chi connectivity index (χ1v) is 17.0. The van der Waals surface area contributed by atoms with Crippen LogP contribution in [-0.4, -0.2) is 32.9 Å². The van der Waals surface area contributed by atoms with E-state index in [1.807, 2.05) is 86.6 Å². The summed E-state index contributed by atoms with van der Waals surface area (Å²) in [6, 6.07) is 35.2. The van der Waals surface area contributed by atoms with Crippen molar-refractivity contribution in [3.8, 4) is 28.6 Å². The largest absolute Gasteiger partial charge is 0.399 e. The number of nitriles is 1. The van der Waals surface area contributed by atoms with Crippen LogP contribution in [-0.2, 0) is 17.9 Å². The fourth-order valence-electron chi connectivity index (χ4n) is 5.19. The number of nitrogens with zero attached hydrogens (tertiary/aromatic N) is 6. The van der Waals surface area contributed by atoms with Crippen LogP contribution in [0.25, 0.3) is 22.5 Å². The van der Waals surface area contributed by atoms with Crippen LogP contribution in [0.3, 0.4) is 0 Å². The van der Waals surface area contributed by atoms with Crippen LogP contribution in [0.2, 0.25) is 10.0 Å². The van der Waals surface area contributed by atoms with Gasteiger partial charge in [-0.25, -0.2) is 9.36 Å². The van der Waals surface area contributed by atoms with Crippen molar-refractivity contribution in [2.45, 2.75) is 26.9 Å². The van der Waals surface area contributed by atoms with Gasteiger partial charge in [0, 0.05) is 45.6 Å². The zero-order chi connectivity index (χ0) is 37.0. The summed E-state index contributed by atoms with van der Waals surface area (Å²) < 4.78 is 2.76. The Bertz CT molecular complexity index is 2360. The van der Waals surface area contributed by atoms with E-state index in [4.69, 9.17) is 28.0 Å². The van der Waals surface area contributed by atoms with Crippen LogP contribution >= 0.6 is 23.2 Å². The van der Waals surface area contributed by atoms with E-state index in [1.54, 1.807) is 36.4 Å². The Balaban J connectivity index is 0.000000202. The van der Waals surface area contributed by atoms with Gasteiger partial charge in [-0.1, -0.05) is 101 Å². The molecule has 0 aliphatic heterocycles. The highest BCUT2D eigenvalue weighted by molar-refractivity contribution is 6.31. The first kappa shape index (κ1) is 37.0. The number of rotatable bonds is 10. The molecule has 0 radical (unpaired) electrons. The van der Waals surface area contributed by atoms with Gasteiger partial charge in [0.15, 0.2) is 0 Å². The predicted octanol–water partition coefficient (Wildman–Crippen LogP) is 8.51. The van der Waals surface area contributed by atoms with Gasteiger partial charge in [-0.3, -0.25) is 9.59 Å². The van der Waals surface area contributed by atoms with Crippen molar-refractivity contribution in [1.82, 2.24) is 19.6 Å². The van der Waals surface area contributed by atoms with Crippen molar-refractivity contribution in [1.29, 1.82) is 5.26 Å². The monoisotopic (exact) mass is 732 g/mol. The van der Waals surface area contributed by atoms with Crippen LogP contribution in [0, 0.1) is 11.3 Å². The Morgan fingerprint density at radius 1 is 0.731 bits per heavy atom. The number of oxime groups is 1. The number of aromatic nitrogens is 4. The molecule has 0 aliphatic carbocycles. The predicted molar refractivity (Wildman–Crippen MR) is 208 cm³/mol. The quantitative estimate of drug-likeness (QED) is 0.106. The van der Waals surface area contributed by atoms with E-state index in [2.05, 4.69) is 32.1 Å². The molecule has 0 amide bonds. The third-order valence-electron chi connectivity index (χ3n) is 7.63. The Kier molecular flexibility index (Phi) is 12.6. The zero-order valence-corrected chi connectivity index (χ0v) is 30.1. The minimum Gasteiger partial charge on any atom is -0.399 e. The molecule has 2 aromatic heterocycles. The van der Waals surface area contributed by atoms with Crippen molar-refractivity contribution in [3.63, 3.8) is 0 Å². The van der Waals surface area contributed by atoms with E-state index >= 15 is 0 Å². The van der Waals surface area contributed by atoms with Crippen LogP contribution in [0.5, 0.6) is 0 Å². The molecule has 0 unspecified atom stereocenters. The number of nitrogens with one attached hydrogen (secondary N) is 2. The summed E-state index contributed by atoms with van der Waals surface area (Å²) in [7, 11) is 1.45. The third-order valence-corrected chi connectivity index (χ3v) is 8.10. The molecule has 0 saturated heterocycles. The van der Waals surface area contributed by atoms with E-state index in [9.17, 15) is 14.9 Å². The van der Waals surface area contributed by atoms with E-state index in [0.717, 1.165) is 11.1 Å². The lowest BCUT2D eigenvalue weighted by molar-refractivity contribution is 0.215. The Morgan fingerprint density at radius 2 is 1.21 bits per heavy atom. The van der Waals surface area contributed by atoms with E-state index in [1.165, 1.54) is 22.7 Å². The standard InChI is InChI=1S/C20H19ClN4O2.C19H15ClN4O/c1-3-25-20(26)19(23-16-11-7-10-15(21)12-16)17(13-22-27-2)18(24-25)14-8-5-4-6-9-14;1-2-24-19(25)18(22-15-10-6-9-14(20)11-15)16(12-21)17(23-24)13-7-4-3-5-8-13/h4-13,23H,3H2,1-2H3;3-11,22H,2H2,1H3. The smallest absolute Gasteiger partial charge is 0.291 e. The number of benzene rings is 4. The highest BCUT2D eigenvalue weighted by atomic mass is 35.5. The average molecular weight is 734 g/mol. The molecule has 262 valence electrons. The van der Waals surface area contributed by atoms with E-state index < -0.39 is 0 Å². The molecule has 2 N–H and O–H groups in total. The summed E-state index contributed by atoms with van der Waals surface area (Å²) in [4.78, 5) is 30.5. The van der Waals surface area contributed by atoms with Crippen molar-refractivity contribution in [2.75, 3.05) is 17.7 Å². The molecule has 0 atom stereocenters. The maximum absolute atomic E-state index is 13.0. The van der Waals surface area contributed by atoms with Gasteiger partial charge in [0.2, 0.25) is 0 Å². The molecule has 0 saturated carbocycles. The number of hydrogen-bond donors (Lipinski definition) is 2. The van der Waals surface area contributed by atoms with Crippen LogP contribution in [0.4, 0.5) is 22.7 Å². The molecule has 52 heavy (non-hydrogen) atoms. The van der Waals surface area contributed by atoms with Crippen molar-refractivity contribution in [2.24, 2.45) is 5.16 Å². The van der Waals surface area contributed by atoms with Gasteiger partial charge in [0.1, 0.15) is 41.5 Å². The van der Waals surface area contributed by atoms with Gasteiger partial charge in [-0.05, 0) is 50.2 Å². The van der Waals surface area contributed by atoms with E-state index in [0.29, 0.717) is 57.1 Å². The van der Waals surface area contributed by atoms with Gasteiger partial charge >= 0.3 is 0 Å². The summed E-state index contributed by atoms with van der Waals surface area (Å²) in [6.45, 7) is 4.53. The summed E-state index contributed by atoms with van der Waals surface area (Å²) >= 11 is 12.1. The van der Waals surface area contributed by atoms with Crippen molar-refractivity contribution >= 4 is 52.2 Å². The normalized spacial score (nSPS) is 10.6. The Hall–Kier alpha value is -6.22. The topological polar surface area (TPSA) is 139 Å². The van der Waals surface area contributed by atoms with E-state index in [-0.39, 0.29) is 22.4 Å². The number of aryl methyl sites for hydroxylation is 2. The fourth-order valence-corrected chi connectivity index (χ4v) is 5.57. The molecular weight excluding hydrogens is 699 g/mol.